The van der Waals surface area contributed by atoms with E-state index in [4.69, 9.17) is 4.74 Å². The third-order valence-electron chi connectivity index (χ3n) is 2.56. The van der Waals surface area contributed by atoms with E-state index in [9.17, 15) is 5.11 Å². The van der Waals surface area contributed by atoms with Crippen molar-refractivity contribution in [3.8, 4) is 6.01 Å². The zero-order valence-corrected chi connectivity index (χ0v) is 10.6. The number of nitrogens with one attached hydrogen (secondary N) is 2. The third-order valence-corrected chi connectivity index (χ3v) is 2.56. The van der Waals surface area contributed by atoms with E-state index < -0.39 is 5.54 Å². The minimum Gasteiger partial charge on any atom is -0.467 e. The largest absolute Gasteiger partial charge is 0.467 e. The van der Waals surface area contributed by atoms with Crippen LogP contribution in [0.3, 0.4) is 0 Å². The molecule has 1 rings (SSSR count). The first-order chi connectivity index (χ1) is 8.06. The zero-order valence-electron chi connectivity index (χ0n) is 10.6. The Balaban J connectivity index is 2.97. The molecule has 0 amide bonds. The van der Waals surface area contributed by atoms with E-state index in [1.54, 1.807) is 7.05 Å². The standard InChI is InChI=1S/C10H19N5O2/c1-5-10(2,6-16)15-8-12-7(11-3)13-9(14-8)17-4/h16H,5-6H2,1-4H3,(H2,11,12,13,14,15). The number of hydrogen-bond donors (Lipinski definition) is 3. The first kappa shape index (κ1) is 13.4. The van der Waals surface area contributed by atoms with Crippen LogP contribution in [0.1, 0.15) is 20.3 Å². The number of aliphatic hydroxyl groups excluding tert-OH is 1. The first-order valence-corrected chi connectivity index (χ1v) is 5.43. The van der Waals surface area contributed by atoms with E-state index in [0.717, 1.165) is 6.42 Å². The number of anilines is 2. The molecular formula is C10H19N5O2. The number of rotatable bonds is 6. The molecule has 0 saturated heterocycles. The maximum Gasteiger partial charge on any atom is 0.322 e. The van der Waals surface area contributed by atoms with Gasteiger partial charge in [-0.3, -0.25) is 0 Å². The van der Waals surface area contributed by atoms with Gasteiger partial charge in [0, 0.05) is 7.05 Å². The fourth-order valence-corrected chi connectivity index (χ4v) is 1.13. The van der Waals surface area contributed by atoms with E-state index in [2.05, 4.69) is 25.6 Å². The fraction of sp³-hybridized carbons (Fsp3) is 0.700. The highest BCUT2D eigenvalue weighted by Crippen LogP contribution is 2.17. The van der Waals surface area contributed by atoms with Crippen molar-refractivity contribution >= 4 is 11.9 Å². The first-order valence-electron chi connectivity index (χ1n) is 5.43. The second-order valence-electron chi connectivity index (χ2n) is 3.92. The monoisotopic (exact) mass is 241 g/mol. The summed E-state index contributed by atoms with van der Waals surface area (Å²) < 4.78 is 4.97. The summed E-state index contributed by atoms with van der Waals surface area (Å²) in [7, 11) is 3.20. The zero-order chi connectivity index (χ0) is 12.9. The van der Waals surface area contributed by atoms with Crippen molar-refractivity contribution in [1.29, 1.82) is 0 Å². The highest BCUT2D eigenvalue weighted by Gasteiger charge is 2.22. The average Bonchev–Trinajstić information content (AvgIpc) is 2.37. The quantitative estimate of drug-likeness (QED) is 0.667. The van der Waals surface area contributed by atoms with Gasteiger partial charge in [0.05, 0.1) is 19.3 Å². The van der Waals surface area contributed by atoms with Crippen LogP contribution in [0, 0.1) is 0 Å². The summed E-state index contributed by atoms with van der Waals surface area (Å²) in [4.78, 5) is 12.2. The van der Waals surface area contributed by atoms with Crippen molar-refractivity contribution in [3.05, 3.63) is 0 Å². The van der Waals surface area contributed by atoms with Gasteiger partial charge < -0.3 is 20.5 Å². The molecule has 0 bridgehead atoms. The van der Waals surface area contributed by atoms with Crippen molar-refractivity contribution in [2.24, 2.45) is 0 Å². The topological polar surface area (TPSA) is 92.2 Å². The molecule has 3 N–H and O–H groups in total. The lowest BCUT2D eigenvalue weighted by molar-refractivity contribution is 0.218. The van der Waals surface area contributed by atoms with E-state index in [1.807, 2.05) is 13.8 Å². The number of ether oxygens (including phenoxy) is 1. The molecule has 0 aliphatic rings. The smallest absolute Gasteiger partial charge is 0.322 e. The molecule has 1 aromatic rings. The van der Waals surface area contributed by atoms with Gasteiger partial charge in [-0.25, -0.2) is 0 Å². The van der Waals surface area contributed by atoms with Crippen LogP contribution < -0.4 is 15.4 Å². The summed E-state index contributed by atoms with van der Waals surface area (Å²) in [6, 6.07) is 0.225. The minimum atomic E-state index is -0.461. The molecule has 17 heavy (non-hydrogen) atoms. The Morgan fingerprint density at radius 2 is 1.94 bits per heavy atom. The minimum absolute atomic E-state index is 0.00755. The van der Waals surface area contributed by atoms with Gasteiger partial charge in [-0.15, -0.1) is 0 Å². The van der Waals surface area contributed by atoms with Crippen LogP contribution in [0.5, 0.6) is 6.01 Å². The van der Waals surface area contributed by atoms with E-state index in [1.165, 1.54) is 7.11 Å². The van der Waals surface area contributed by atoms with Gasteiger partial charge >= 0.3 is 6.01 Å². The molecular weight excluding hydrogens is 222 g/mol. The Hall–Kier alpha value is -1.63. The van der Waals surface area contributed by atoms with Crippen molar-refractivity contribution in [2.75, 3.05) is 31.4 Å². The van der Waals surface area contributed by atoms with Gasteiger partial charge in [-0.1, -0.05) is 6.92 Å². The van der Waals surface area contributed by atoms with Crippen LogP contribution in [-0.2, 0) is 0 Å². The van der Waals surface area contributed by atoms with Crippen LogP contribution in [0.25, 0.3) is 0 Å². The highest BCUT2D eigenvalue weighted by molar-refractivity contribution is 5.37. The van der Waals surface area contributed by atoms with E-state index >= 15 is 0 Å². The van der Waals surface area contributed by atoms with Crippen molar-refractivity contribution in [2.45, 2.75) is 25.8 Å². The maximum atomic E-state index is 9.32. The van der Waals surface area contributed by atoms with Crippen LogP contribution in [0.2, 0.25) is 0 Å². The SMILES string of the molecule is CCC(C)(CO)Nc1nc(NC)nc(OC)n1. The molecule has 1 atom stereocenters. The van der Waals surface area contributed by atoms with E-state index in [-0.39, 0.29) is 12.6 Å². The van der Waals surface area contributed by atoms with Crippen LogP contribution in [0.4, 0.5) is 11.9 Å². The number of hydrogen-bond acceptors (Lipinski definition) is 7. The molecule has 96 valence electrons. The molecule has 1 unspecified atom stereocenters. The van der Waals surface area contributed by atoms with Crippen LogP contribution >= 0.6 is 0 Å². The maximum absolute atomic E-state index is 9.32. The Kier molecular flexibility index (Phi) is 4.45. The molecule has 0 saturated carbocycles. The summed E-state index contributed by atoms with van der Waals surface area (Å²) >= 11 is 0. The lowest BCUT2D eigenvalue weighted by atomic mass is 10.0. The predicted octanol–water partition coefficient (Wildman–Crippen LogP) is 0.495. The molecule has 0 fully saturated rings. The van der Waals surface area contributed by atoms with Crippen LogP contribution in [0.15, 0.2) is 0 Å². The molecule has 1 heterocycles. The summed E-state index contributed by atoms with van der Waals surface area (Å²) in [6.07, 6.45) is 0.742. The Morgan fingerprint density at radius 3 is 2.41 bits per heavy atom. The Labute approximate surface area is 101 Å². The third kappa shape index (κ3) is 3.42. The predicted molar refractivity (Wildman–Crippen MR) is 65.3 cm³/mol. The molecule has 0 spiro atoms. The van der Waals surface area contributed by atoms with Crippen molar-refractivity contribution in [1.82, 2.24) is 15.0 Å². The van der Waals surface area contributed by atoms with Gasteiger partial charge in [0.25, 0.3) is 0 Å². The van der Waals surface area contributed by atoms with Crippen molar-refractivity contribution < 1.29 is 9.84 Å². The number of nitrogens with zero attached hydrogens (tertiary/aromatic N) is 3. The molecule has 7 nitrogen and oxygen atoms in total. The van der Waals surface area contributed by atoms with Gasteiger partial charge in [-0.2, -0.15) is 15.0 Å². The second-order valence-corrected chi connectivity index (χ2v) is 3.92. The van der Waals surface area contributed by atoms with Crippen molar-refractivity contribution in [3.63, 3.8) is 0 Å². The number of aromatic nitrogens is 3. The van der Waals surface area contributed by atoms with Gasteiger partial charge in [0.15, 0.2) is 0 Å². The molecule has 1 aromatic heterocycles. The summed E-state index contributed by atoms with van der Waals surface area (Å²) in [5.41, 5.74) is -0.461. The number of aliphatic hydroxyl groups is 1. The molecule has 0 aliphatic heterocycles. The Bertz CT molecular complexity index is 345. The molecule has 7 heteroatoms. The highest BCUT2D eigenvalue weighted by atomic mass is 16.5. The van der Waals surface area contributed by atoms with E-state index in [0.29, 0.717) is 11.9 Å². The number of methoxy groups -OCH3 is 1. The summed E-state index contributed by atoms with van der Waals surface area (Å²) in [5.74, 6) is 0.787. The lowest BCUT2D eigenvalue weighted by Crippen LogP contribution is -2.38. The molecule has 0 aliphatic carbocycles. The summed E-state index contributed by atoms with van der Waals surface area (Å²) in [5, 5.41) is 15.2. The van der Waals surface area contributed by atoms with Gasteiger partial charge in [-0.05, 0) is 13.3 Å². The van der Waals surface area contributed by atoms with Gasteiger partial charge in [0.2, 0.25) is 11.9 Å². The normalized spacial score (nSPS) is 13.9. The fourth-order valence-electron chi connectivity index (χ4n) is 1.13. The summed E-state index contributed by atoms with van der Waals surface area (Å²) in [6.45, 7) is 3.86. The molecule has 0 aromatic carbocycles. The Morgan fingerprint density at radius 1 is 1.29 bits per heavy atom. The van der Waals surface area contributed by atoms with Crippen LogP contribution in [-0.4, -0.2) is 46.4 Å². The average molecular weight is 241 g/mol. The van der Waals surface area contributed by atoms with Gasteiger partial charge in [0.1, 0.15) is 0 Å². The second kappa shape index (κ2) is 5.62. The molecule has 0 radical (unpaired) electrons. The lowest BCUT2D eigenvalue weighted by Gasteiger charge is -2.27.